The first kappa shape index (κ1) is 13.0. The van der Waals surface area contributed by atoms with Crippen LogP contribution in [-0.4, -0.2) is 13.2 Å². The topological polar surface area (TPSA) is 60.4 Å². The van der Waals surface area contributed by atoms with Crippen molar-refractivity contribution in [2.24, 2.45) is 5.84 Å². The summed E-state index contributed by atoms with van der Waals surface area (Å²) in [6.45, 7) is 1.95. The quantitative estimate of drug-likeness (QED) is 0.634. The van der Waals surface area contributed by atoms with E-state index in [4.69, 9.17) is 15.0 Å². The smallest absolute Gasteiger partial charge is 0.134 e. The summed E-state index contributed by atoms with van der Waals surface area (Å²) < 4.78 is 23.9. The number of nitrogens with two attached hydrogens (primary N) is 1. The van der Waals surface area contributed by atoms with Gasteiger partial charge in [0.05, 0.1) is 12.1 Å². The molecule has 0 bridgehead atoms. The lowest BCUT2D eigenvalue weighted by Gasteiger charge is -2.17. The van der Waals surface area contributed by atoms with Crippen LogP contribution in [0.1, 0.15) is 25.1 Å². The summed E-state index contributed by atoms with van der Waals surface area (Å²) in [7, 11) is 1.65. The molecule has 1 aromatic heterocycles. The molecule has 2 atom stereocenters. The van der Waals surface area contributed by atoms with E-state index in [2.05, 4.69) is 5.43 Å². The first-order chi connectivity index (χ1) is 8.63. The van der Waals surface area contributed by atoms with E-state index in [1.807, 2.05) is 6.92 Å². The first-order valence-corrected chi connectivity index (χ1v) is 5.82. The second-order valence-electron chi connectivity index (χ2n) is 4.33. The molecule has 2 rings (SSSR count). The number of halogens is 1. The molecule has 0 saturated heterocycles. The predicted molar refractivity (Wildman–Crippen MR) is 67.3 cm³/mol. The number of methoxy groups -OCH3 is 1. The largest absolute Gasteiger partial charge is 0.459 e. The Bertz CT molecular complexity index is 527. The van der Waals surface area contributed by atoms with Crippen molar-refractivity contribution in [2.45, 2.75) is 25.5 Å². The second kappa shape index (κ2) is 5.48. The number of hydrogen-bond donors (Lipinski definition) is 2. The van der Waals surface area contributed by atoms with Gasteiger partial charge in [-0.3, -0.25) is 5.84 Å². The fourth-order valence-electron chi connectivity index (χ4n) is 1.90. The Morgan fingerprint density at radius 3 is 2.89 bits per heavy atom. The van der Waals surface area contributed by atoms with Crippen LogP contribution in [0.2, 0.25) is 0 Å². The Kier molecular flexibility index (Phi) is 3.96. The number of ether oxygens (including phenoxy) is 1. The molecule has 98 valence electrons. The molecule has 3 N–H and O–H groups in total. The Morgan fingerprint density at radius 1 is 1.44 bits per heavy atom. The zero-order chi connectivity index (χ0) is 13.1. The normalized spacial score (nSPS) is 14.9. The Balaban J connectivity index is 2.28. The molecule has 5 heteroatoms. The maximum absolute atomic E-state index is 13.1. The van der Waals surface area contributed by atoms with Crippen LogP contribution in [0, 0.1) is 5.82 Å². The van der Waals surface area contributed by atoms with E-state index in [0.29, 0.717) is 17.8 Å². The standard InChI is InChI=1S/C13H17FN2O2/c1-8(17-2)5-11(16-15)13-7-9-6-10(14)3-4-12(9)18-13/h3-4,6-8,11,16H,5,15H2,1-2H3. The highest BCUT2D eigenvalue weighted by Gasteiger charge is 2.18. The molecule has 0 aliphatic heterocycles. The maximum Gasteiger partial charge on any atom is 0.134 e. The van der Waals surface area contributed by atoms with Gasteiger partial charge < -0.3 is 9.15 Å². The van der Waals surface area contributed by atoms with Crippen molar-refractivity contribution >= 4 is 11.0 Å². The Morgan fingerprint density at radius 2 is 2.22 bits per heavy atom. The van der Waals surface area contributed by atoms with Crippen molar-refractivity contribution in [3.8, 4) is 0 Å². The zero-order valence-electron chi connectivity index (χ0n) is 10.4. The minimum atomic E-state index is -0.280. The van der Waals surface area contributed by atoms with Crippen LogP contribution in [-0.2, 0) is 4.74 Å². The van der Waals surface area contributed by atoms with Crippen LogP contribution in [0.25, 0.3) is 11.0 Å². The van der Waals surface area contributed by atoms with Gasteiger partial charge >= 0.3 is 0 Å². The van der Waals surface area contributed by atoms with Gasteiger partial charge in [-0.15, -0.1) is 0 Å². The van der Waals surface area contributed by atoms with Gasteiger partial charge in [-0.2, -0.15) is 0 Å². The molecule has 0 saturated carbocycles. The van der Waals surface area contributed by atoms with E-state index >= 15 is 0 Å². The minimum Gasteiger partial charge on any atom is -0.459 e. The van der Waals surface area contributed by atoms with Crippen molar-refractivity contribution in [3.63, 3.8) is 0 Å². The SMILES string of the molecule is COC(C)CC(NN)c1cc2cc(F)ccc2o1. The van der Waals surface area contributed by atoms with Gasteiger partial charge in [0.15, 0.2) is 0 Å². The lowest BCUT2D eigenvalue weighted by atomic mass is 10.1. The third-order valence-electron chi connectivity index (χ3n) is 3.01. The Hall–Kier alpha value is -1.43. The molecule has 2 unspecified atom stereocenters. The molecule has 0 amide bonds. The number of hydrazine groups is 1. The van der Waals surface area contributed by atoms with Gasteiger partial charge in [0.1, 0.15) is 17.2 Å². The van der Waals surface area contributed by atoms with Crippen molar-refractivity contribution in [1.29, 1.82) is 0 Å². The van der Waals surface area contributed by atoms with Gasteiger partial charge in [-0.25, -0.2) is 9.82 Å². The van der Waals surface area contributed by atoms with Crippen molar-refractivity contribution in [2.75, 3.05) is 7.11 Å². The molecular weight excluding hydrogens is 235 g/mol. The maximum atomic E-state index is 13.1. The molecular formula is C13H17FN2O2. The van der Waals surface area contributed by atoms with Gasteiger partial charge in [0, 0.05) is 12.5 Å². The van der Waals surface area contributed by atoms with Crippen molar-refractivity contribution in [3.05, 3.63) is 35.8 Å². The predicted octanol–water partition coefficient (Wildman–Crippen LogP) is 2.50. The second-order valence-corrected chi connectivity index (χ2v) is 4.33. The lowest BCUT2D eigenvalue weighted by molar-refractivity contribution is 0.0978. The molecule has 0 fully saturated rings. The van der Waals surface area contributed by atoms with E-state index in [1.165, 1.54) is 12.1 Å². The summed E-state index contributed by atoms with van der Waals surface area (Å²) in [5, 5.41) is 0.732. The first-order valence-electron chi connectivity index (χ1n) is 5.82. The molecule has 2 aromatic rings. The molecule has 4 nitrogen and oxygen atoms in total. The van der Waals surface area contributed by atoms with Gasteiger partial charge in [0.2, 0.25) is 0 Å². The van der Waals surface area contributed by atoms with Crippen molar-refractivity contribution < 1.29 is 13.5 Å². The summed E-state index contributed by atoms with van der Waals surface area (Å²) >= 11 is 0. The fraction of sp³-hybridized carbons (Fsp3) is 0.385. The fourth-order valence-corrected chi connectivity index (χ4v) is 1.90. The molecule has 0 aliphatic carbocycles. The summed E-state index contributed by atoms with van der Waals surface area (Å²) in [6, 6.07) is 6.07. The summed E-state index contributed by atoms with van der Waals surface area (Å²) in [6.07, 6.45) is 0.728. The van der Waals surface area contributed by atoms with E-state index in [-0.39, 0.29) is 18.0 Å². The van der Waals surface area contributed by atoms with Crippen LogP contribution < -0.4 is 11.3 Å². The van der Waals surface area contributed by atoms with Crippen LogP contribution in [0.4, 0.5) is 4.39 Å². The summed E-state index contributed by atoms with van der Waals surface area (Å²) in [4.78, 5) is 0. The average molecular weight is 252 g/mol. The van der Waals surface area contributed by atoms with Gasteiger partial charge in [-0.05, 0) is 37.6 Å². The molecule has 0 spiro atoms. The van der Waals surface area contributed by atoms with Crippen molar-refractivity contribution in [1.82, 2.24) is 5.43 Å². The molecule has 1 aromatic carbocycles. The van der Waals surface area contributed by atoms with E-state index < -0.39 is 0 Å². The number of nitrogens with one attached hydrogen (secondary N) is 1. The average Bonchev–Trinajstić information content (AvgIpc) is 2.78. The molecule has 0 radical (unpaired) electrons. The number of hydrogen-bond acceptors (Lipinski definition) is 4. The highest BCUT2D eigenvalue weighted by Crippen LogP contribution is 2.27. The number of fused-ring (bicyclic) bond motifs is 1. The van der Waals surface area contributed by atoms with E-state index in [0.717, 1.165) is 5.39 Å². The highest BCUT2D eigenvalue weighted by atomic mass is 19.1. The number of furan rings is 1. The van der Waals surface area contributed by atoms with Crippen LogP contribution >= 0.6 is 0 Å². The van der Waals surface area contributed by atoms with Gasteiger partial charge in [-0.1, -0.05) is 0 Å². The zero-order valence-corrected chi connectivity index (χ0v) is 10.4. The third-order valence-corrected chi connectivity index (χ3v) is 3.01. The van der Waals surface area contributed by atoms with Crippen LogP contribution in [0.3, 0.4) is 0 Å². The van der Waals surface area contributed by atoms with Crippen LogP contribution in [0.5, 0.6) is 0 Å². The van der Waals surface area contributed by atoms with Crippen LogP contribution in [0.15, 0.2) is 28.7 Å². The summed E-state index contributed by atoms with van der Waals surface area (Å²) in [5.41, 5.74) is 3.34. The summed E-state index contributed by atoms with van der Waals surface area (Å²) in [5.74, 6) is 5.92. The highest BCUT2D eigenvalue weighted by molar-refractivity contribution is 5.78. The third kappa shape index (κ3) is 2.69. The van der Waals surface area contributed by atoms with Gasteiger partial charge in [0.25, 0.3) is 0 Å². The Labute approximate surface area is 105 Å². The molecule has 0 aliphatic rings. The monoisotopic (exact) mass is 252 g/mol. The van der Waals surface area contributed by atoms with E-state index in [9.17, 15) is 4.39 Å². The lowest BCUT2D eigenvalue weighted by Crippen LogP contribution is -2.30. The number of rotatable bonds is 5. The molecule has 1 heterocycles. The van der Waals surface area contributed by atoms with E-state index in [1.54, 1.807) is 19.2 Å². The minimum absolute atomic E-state index is 0.0519. The number of benzene rings is 1. The molecule has 18 heavy (non-hydrogen) atoms.